The third-order valence-corrected chi connectivity index (χ3v) is 4.20. The van der Waals surface area contributed by atoms with Gasteiger partial charge in [0, 0.05) is 10.9 Å². The van der Waals surface area contributed by atoms with Gasteiger partial charge in [0.05, 0.1) is 6.61 Å². The number of rotatable bonds is 7. The van der Waals surface area contributed by atoms with E-state index in [0.29, 0.717) is 12.3 Å². The molecule has 5 heteroatoms. The topological polar surface area (TPSA) is 48.4 Å². The summed E-state index contributed by atoms with van der Waals surface area (Å²) in [5, 5.41) is 2.55. The zero-order chi connectivity index (χ0) is 15.9. The second-order valence-electron chi connectivity index (χ2n) is 4.84. The van der Waals surface area contributed by atoms with Gasteiger partial charge in [0.2, 0.25) is 0 Å². The Bertz CT molecular complexity index is 603. The van der Waals surface area contributed by atoms with Gasteiger partial charge in [-0.1, -0.05) is 13.8 Å². The molecule has 0 amide bonds. The first-order chi connectivity index (χ1) is 10.7. The van der Waals surface area contributed by atoms with Gasteiger partial charge in [0.15, 0.2) is 5.69 Å². The number of ether oxygens (including phenoxy) is 2. The molecule has 0 saturated heterocycles. The van der Waals surface area contributed by atoms with Crippen molar-refractivity contribution in [1.82, 2.24) is 4.98 Å². The van der Waals surface area contributed by atoms with Gasteiger partial charge in [-0.25, -0.2) is 9.78 Å². The third kappa shape index (κ3) is 4.07. The van der Waals surface area contributed by atoms with Crippen LogP contribution in [0.2, 0.25) is 0 Å². The zero-order valence-electron chi connectivity index (χ0n) is 13.2. The second-order valence-corrected chi connectivity index (χ2v) is 5.70. The predicted octanol–water partition coefficient (Wildman–Crippen LogP) is 4.55. The molecule has 2 aromatic rings. The van der Waals surface area contributed by atoms with E-state index in [0.717, 1.165) is 29.2 Å². The quantitative estimate of drug-likeness (QED) is 0.702. The molecule has 0 aliphatic rings. The van der Waals surface area contributed by atoms with Crippen LogP contribution in [0.1, 0.15) is 44.1 Å². The molecular weight excluding hydrogens is 298 g/mol. The lowest BCUT2D eigenvalue weighted by molar-refractivity contribution is 0.0278. The minimum absolute atomic E-state index is 0.0388. The highest BCUT2D eigenvalue weighted by Gasteiger charge is 2.16. The van der Waals surface area contributed by atoms with Crippen molar-refractivity contribution in [2.24, 2.45) is 0 Å². The first-order valence-electron chi connectivity index (χ1n) is 7.57. The van der Waals surface area contributed by atoms with Crippen LogP contribution < -0.4 is 4.74 Å². The molecule has 2 rings (SSSR count). The molecule has 0 aliphatic carbocycles. The molecule has 4 nitrogen and oxygen atoms in total. The average Bonchev–Trinajstić information content (AvgIpc) is 3.03. The minimum Gasteiger partial charge on any atom is -0.494 e. The number of aromatic nitrogens is 1. The standard InChI is InChI=1S/C17H21NO3S/c1-4-13(5-2)21-17(19)15-11-22-16(18-15)12-7-9-14(10-8-12)20-6-3/h7-11,13H,4-6H2,1-3H3. The molecule has 0 fully saturated rings. The molecule has 118 valence electrons. The number of carbonyl (C=O) groups excluding carboxylic acids is 1. The van der Waals surface area contributed by atoms with Gasteiger partial charge in [0.1, 0.15) is 16.9 Å². The summed E-state index contributed by atoms with van der Waals surface area (Å²) < 4.78 is 10.8. The number of hydrogen-bond acceptors (Lipinski definition) is 5. The highest BCUT2D eigenvalue weighted by molar-refractivity contribution is 7.13. The van der Waals surface area contributed by atoms with E-state index in [1.807, 2.05) is 45.0 Å². The summed E-state index contributed by atoms with van der Waals surface area (Å²) in [6, 6.07) is 7.70. The molecule has 1 aromatic carbocycles. The second kappa shape index (κ2) is 7.94. The lowest BCUT2D eigenvalue weighted by atomic mass is 10.2. The number of hydrogen-bond donors (Lipinski definition) is 0. The molecule has 0 spiro atoms. The van der Waals surface area contributed by atoms with Crippen LogP contribution in [0, 0.1) is 0 Å². The molecule has 0 unspecified atom stereocenters. The van der Waals surface area contributed by atoms with E-state index in [-0.39, 0.29) is 12.1 Å². The van der Waals surface area contributed by atoms with E-state index in [1.165, 1.54) is 11.3 Å². The van der Waals surface area contributed by atoms with Gasteiger partial charge in [-0.15, -0.1) is 11.3 Å². The first-order valence-corrected chi connectivity index (χ1v) is 8.45. The van der Waals surface area contributed by atoms with E-state index in [1.54, 1.807) is 5.38 Å². The van der Waals surface area contributed by atoms with Crippen molar-refractivity contribution < 1.29 is 14.3 Å². The maximum absolute atomic E-state index is 12.1. The summed E-state index contributed by atoms with van der Waals surface area (Å²) in [6.07, 6.45) is 1.60. The van der Waals surface area contributed by atoms with Crippen LogP contribution in [0.25, 0.3) is 10.6 Å². The molecule has 1 heterocycles. The molecular formula is C17H21NO3S. The summed E-state index contributed by atoms with van der Waals surface area (Å²) in [6.45, 7) is 6.61. The molecule has 1 aromatic heterocycles. The van der Waals surface area contributed by atoms with Gasteiger partial charge >= 0.3 is 5.97 Å². The van der Waals surface area contributed by atoms with E-state index in [2.05, 4.69) is 4.98 Å². The maximum atomic E-state index is 12.1. The SMILES string of the molecule is CCOc1ccc(-c2nc(C(=O)OC(CC)CC)cs2)cc1. The summed E-state index contributed by atoms with van der Waals surface area (Å²) >= 11 is 1.44. The Morgan fingerprint density at radius 1 is 1.18 bits per heavy atom. The number of nitrogens with zero attached hydrogens (tertiary/aromatic N) is 1. The van der Waals surface area contributed by atoms with Crippen molar-refractivity contribution in [2.45, 2.75) is 39.7 Å². The normalized spacial score (nSPS) is 10.7. The summed E-state index contributed by atoms with van der Waals surface area (Å²) in [4.78, 5) is 16.4. The Balaban J connectivity index is 2.08. The van der Waals surface area contributed by atoms with Gasteiger partial charge in [-0.2, -0.15) is 0 Å². The van der Waals surface area contributed by atoms with E-state index >= 15 is 0 Å². The van der Waals surface area contributed by atoms with Crippen molar-refractivity contribution in [2.75, 3.05) is 6.61 Å². The fourth-order valence-electron chi connectivity index (χ4n) is 2.03. The molecule has 0 radical (unpaired) electrons. The number of thiazole rings is 1. The van der Waals surface area contributed by atoms with Crippen LogP contribution in [0.15, 0.2) is 29.6 Å². The van der Waals surface area contributed by atoms with E-state index in [9.17, 15) is 4.79 Å². The molecule has 0 atom stereocenters. The first kappa shape index (κ1) is 16.5. The van der Waals surface area contributed by atoms with Crippen molar-refractivity contribution in [3.05, 3.63) is 35.3 Å². The van der Waals surface area contributed by atoms with Crippen LogP contribution in [0.5, 0.6) is 5.75 Å². The highest BCUT2D eigenvalue weighted by Crippen LogP contribution is 2.26. The van der Waals surface area contributed by atoms with Crippen LogP contribution >= 0.6 is 11.3 Å². The highest BCUT2D eigenvalue weighted by atomic mass is 32.1. The fourth-order valence-corrected chi connectivity index (χ4v) is 2.82. The van der Waals surface area contributed by atoms with Crippen molar-refractivity contribution >= 4 is 17.3 Å². The van der Waals surface area contributed by atoms with Crippen LogP contribution in [-0.4, -0.2) is 23.7 Å². The van der Waals surface area contributed by atoms with Crippen LogP contribution in [0.4, 0.5) is 0 Å². The number of esters is 1. The molecule has 0 saturated carbocycles. The van der Waals surface area contributed by atoms with Crippen molar-refractivity contribution in [3.8, 4) is 16.3 Å². The van der Waals surface area contributed by atoms with Crippen molar-refractivity contribution in [3.63, 3.8) is 0 Å². The summed E-state index contributed by atoms with van der Waals surface area (Å²) in [5.74, 6) is 0.485. The van der Waals surface area contributed by atoms with Crippen molar-refractivity contribution in [1.29, 1.82) is 0 Å². The Hall–Kier alpha value is -1.88. The van der Waals surface area contributed by atoms with Gasteiger partial charge < -0.3 is 9.47 Å². The lowest BCUT2D eigenvalue weighted by Gasteiger charge is -2.12. The molecule has 0 aliphatic heterocycles. The van der Waals surface area contributed by atoms with Gasteiger partial charge in [-0.3, -0.25) is 0 Å². The lowest BCUT2D eigenvalue weighted by Crippen LogP contribution is -2.16. The van der Waals surface area contributed by atoms with Crippen LogP contribution in [-0.2, 0) is 4.74 Å². The largest absolute Gasteiger partial charge is 0.494 e. The predicted molar refractivity (Wildman–Crippen MR) is 88.5 cm³/mol. The zero-order valence-corrected chi connectivity index (χ0v) is 14.0. The molecule has 0 N–H and O–H groups in total. The Morgan fingerprint density at radius 2 is 1.86 bits per heavy atom. The van der Waals surface area contributed by atoms with Gasteiger partial charge in [-0.05, 0) is 44.0 Å². The minimum atomic E-state index is -0.345. The van der Waals surface area contributed by atoms with E-state index in [4.69, 9.17) is 9.47 Å². The average molecular weight is 319 g/mol. The fraction of sp³-hybridized carbons (Fsp3) is 0.412. The Kier molecular flexibility index (Phi) is 5.95. The Morgan fingerprint density at radius 3 is 2.45 bits per heavy atom. The van der Waals surface area contributed by atoms with Crippen LogP contribution in [0.3, 0.4) is 0 Å². The number of carbonyl (C=O) groups is 1. The monoisotopic (exact) mass is 319 g/mol. The maximum Gasteiger partial charge on any atom is 0.358 e. The summed E-state index contributed by atoms with van der Waals surface area (Å²) in [5.41, 5.74) is 1.34. The van der Waals surface area contributed by atoms with E-state index < -0.39 is 0 Å². The number of benzene rings is 1. The smallest absolute Gasteiger partial charge is 0.358 e. The van der Waals surface area contributed by atoms with Gasteiger partial charge in [0.25, 0.3) is 0 Å². The Labute approximate surface area is 135 Å². The molecule has 22 heavy (non-hydrogen) atoms. The summed E-state index contributed by atoms with van der Waals surface area (Å²) in [7, 11) is 0. The molecule has 0 bridgehead atoms. The third-order valence-electron chi connectivity index (χ3n) is 3.31.